The van der Waals surface area contributed by atoms with Gasteiger partial charge in [0.05, 0.1) is 16.6 Å². The van der Waals surface area contributed by atoms with Gasteiger partial charge in [-0.25, -0.2) is 0 Å². The molecule has 1 N–H and O–H groups in total. The minimum absolute atomic E-state index is 0.0125. The number of rotatable bonds is 6. The summed E-state index contributed by atoms with van der Waals surface area (Å²) in [5, 5.41) is 22.7. The molecule has 0 aromatic heterocycles. The van der Waals surface area contributed by atoms with Crippen molar-refractivity contribution in [3.63, 3.8) is 0 Å². The summed E-state index contributed by atoms with van der Waals surface area (Å²) in [5.74, 6) is 0.618. The Bertz CT molecular complexity index is 464. The van der Waals surface area contributed by atoms with E-state index in [0.29, 0.717) is 23.7 Å². The number of nitro benzene ring substituents is 1. The van der Waals surface area contributed by atoms with Gasteiger partial charge in [-0.1, -0.05) is 13.8 Å². The molecular weight excluding hydrogens is 230 g/mol. The minimum Gasteiger partial charge on any atom is -0.379 e. The van der Waals surface area contributed by atoms with Gasteiger partial charge in [0.15, 0.2) is 0 Å². The van der Waals surface area contributed by atoms with Crippen molar-refractivity contribution in [2.24, 2.45) is 5.92 Å². The van der Waals surface area contributed by atoms with Crippen LogP contribution in [0.1, 0.15) is 32.3 Å². The highest BCUT2D eigenvalue weighted by Crippen LogP contribution is 2.25. The molecule has 5 nitrogen and oxygen atoms in total. The van der Waals surface area contributed by atoms with Crippen molar-refractivity contribution in [3.8, 4) is 6.07 Å². The fourth-order valence-electron chi connectivity index (χ4n) is 1.64. The van der Waals surface area contributed by atoms with Gasteiger partial charge in [-0.2, -0.15) is 5.26 Å². The fraction of sp³-hybridized carbons (Fsp3) is 0.462. The predicted molar refractivity (Wildman–Crippen MR) is 70.4 cm³/mol. The van der Waals surface area contributed by atoms with Crippen molar-refractivity contribution < 1.29 is 4.92 Å². The van der Waals surface area contributed by atoms with Crippen molar-refractivity contribution in [2.75, 3.05) is 11.9 Å². The lowest BCUT2D eigenvalue weighted by Gasteiger charge is -2.08. The molecule has 5 heteroatoms. The summed E-state index contributed by atoms with van der Waals surface area (Å²) in [6, 6.07) is 6.32. The molecule has 0 aliphatic carbocycles. The third kappa shape index (κ3) is 4.06. The first-order valence-corrected chi connectivity index (χ1v) is 5.97. The van der Waals surface area contributed by atoms with Gasteiger partial charge in [-0.15, -0.1) is 0 Å². The van der Waals surface area contributed by atoms with Gasteiger partial charge >= 0.3 is 0 Å². The van der Waals surface area contributed by atoms with Gasteiger partial charge in [0, 0.05) is 12.6 Å². The van der Waals surface area contributed by atoms with Gasteiger partial charge in [0.25, 0.3) is 5.69 Å². The van der Waals surface area contributed by atoms with E-state index in [2.05, 4.69) is 19.2 Å². The highest BCUT2D eigenvalue weighted by molar-refractivity contribution is 5.64. The minimum atomic E-state index is -0.439. The molecule has 0 heterocycles. The van der Waals surface area contributed by atoms with E-state index in [1.54, 1.807) is 0 Å². The van der Waals surface area contributed by atoms with E-state index in [-0.39, 0.29) is 5.69 Å². The van der Waals surface area contributed by atoms with Crippen LogP contribution in [0.3, 0.4) is 0 Å². The van der Waals surface area contributed by atoms with Crippen LogP contribution in [-0.4, -0.2) is 11.5 Å². The maximum absolute atomic E-state index is 10.8. The summed E-state index contributed by atoms with van der Waals surface area (Å²) < 4.78 is 0. The SMILES string of the molecule is CC(C)CCCNc1cc(C#N)ccc1[N+](=O)[O-]. The second-order valence-corrected chi connectivity index (χ2v) is 4.56. The van der Waals surface area contributed by atoms with Gasteiger partial charge in [-0.3, -0.25) is 10.1 Å². The molecule has 0 radical (unpaired) electrons. The van der Waals surface area contributed by atoms with E-state index in [9.17, 15) is 10.1 Å². The van der Waals surface area contributed by atoms with Gasteiger partial charge in [0.1, 0.15) is 5.69 Å². The van der Waals surface area contributed by atoms with Crippen molar-refractivity contribution in [1.29, 1.82) is 5.26 Å². The average Bonchev–Trinajstić information content (AvgIpc) is 2.33. The highest BCUT2D eigenvalue weighted by Gasteiger charge is 2.13. The maximum atomic E-state index is 10.8. The first kappa shape index (κ1) is 14.0. The second kappa shape index (κ2) is 6.60. The fourth-order valence-corrected chi connectivity index (χ4v) is 1.64. The van der Waals surface area contributed by atoms with E-state index >= 15 is 0 Å². The maximum Gasteiger partial charge on any atom is 0.292 e. The van der Waals surface area contributed by atoms with E-state index in [4.69, 9.17) is 5.26 Å². The third-order valence-corrected chi connectivity index (χ3v) is 2.60. The van der Waals surface area contributed by atoms with Crippen molar-refractivity contribution in [2.45, 2.75) is 26.7 Å². The number of nitrogens with zero attached hydrogens (tertiary/aromatic N) is 2. The summed E-state index contributed by atoms with van der Waals surface area (Å²) in [5.41, 5.74) is 0.855. The second-order valence-electron chi connectivity index (χ2n) is 4.56. The lowest BCUT2D eigenvalue weighted by Crippen LogP contribution is -2.05. The summed E-state index contributed by atoms with van der Waals surface area (Å²) >= 11 is 0. The van der Waals surface area contributed by atoms with Gasteiger partial charge in [-0.05, 0) is 30.9 Å². The van der Waals surface area contributed by atoms with Crippen LogP contribution in [0, 0.1) is 27.4 Å². The number of anilines is 1. The summed E-state index contributed by atoms with van der Waals surface area (Å²) in [6.07, 6.45) is 2.02. The van der Waals surface area contributed by atoms with E-state index in [0.717, 1.165) is 12.8 Å². The van der Waals surface area contributed by atoms with Crippen molar-refractivity contribution in [1.82, 2.24) is 0 Å². The standard InChI is InChI=1S/C13H17N3O2/c1-10(2)4-3-7-15-12-8-11(9-14)5-6-13(12)16(17)18/h5-6,8,10,15H,3-4,7H2,1-2H3. The Labute approximate surface area is 107 Å². The van der Waals surface area contributed by atoms with Crippen LogP contribution in [-0.2, 0) is 0 Å². The smallest absolute Gasteiger partial charge is 0.292 e. The number of hydrogen-bond donors (Lipinski definition) is 1. The zero-order valence-electron chi connectivity index (χ0n) is 10.6. The number of nitro groups is 1. The summed E-state index contributed by atoms with van der Waals surface area (Å²) in [4.78, 5) is 10.4. The molecule has 0 fully saturated rings. The molecule has 0 atom stereocenters. The number of benzene rings is 1. The van der Waals surface area contributed by atoms with Crippen LogP contribution in [0.25, 0.3) is 0 Å². The molecule has 1 rings (SSSR count). The van der Waals surface area contributed by atoms with E-state index < -0.39 is 4.92 Å². The quantitative estimate of drug-likeness (QED) is 0.475. The molecule has 0 amide bonds. The molecule has 0 unspecified atom stereocenters. The predicted octanol–water partition coefficient (Wildman–Crippen LogP) is 3.31. The Morgan fingerprint density at radius 3 is 2.78 bits per heavy atom. The Hall–Kier alpha value is -2.09. The van der Waals surface area contributed by atoms with Crippen molar-refractivity contribution >= 4 is 11.4 Å². The molecule has 0 aliphatic heterocycles. The first-order chi connectivity index (χ1) is 8.54. The zero-order chi connectivity index (χ0) is 13.5. The zero-order valence-corrected chi connectivity index (χ0v) is 10.6. The summed E-state index contributed by atoms with van der Waals surface area (Å²) in [6.45, 7) is 4.95. The Morgan fingerprint density at radius 1 is 1.50 bits per heavy atom. The van der Waals surface area contributed by atoms with Crippen LogP contribution >= 0.6 is 0 Å². The molecule has 0 aliphatic rings. The molecule has 0 saturated carbocycles. The number of nitrogens with one attached hydrogen (secondary N) is 1. The number of nitriles is 1. The topological polar surface area (TPSA) is 79.0 Å². The van der Waals surface area contributed by atoms with Crippen LogP contribution in [0.15, 0.2) is 18.2 Å². The largest absolute Gasteiger partial charge is 0.379 e. The molecule has 1 aromatic carbocycles. The normalized spacial score (nSPS) is 10.1. The molecule has 0 bridgehead atoms. The third-order valence-electron chi connectivity index (χ3n) is 2.60. The van der Waals surface area contributed by atoms with Gasteiger partial charge < -0.3 is 5.32 Å². The highest BCUT2D eigenvalue weighted by atomic mass is 16.6. The van der Waals surface area contributed by atoms with E-state index in [1.165, 1.54) is 18.2 Å². The molecule has 18 heavy (non-hydrogen) atoms. The monoisotopic (exact) mass is 247 g/mol. The Kier molecular flexibility index (Phi) is 5.12. The molecule has 0 spiro atoms. The average molecular weight is 247 g/mol. The lowest BCUT2D eigenvalue weighted by atomic mass is 10.1. The van der Waals surface area contributed by atoms with Crippen LogP contribution in [0.5, 0.6) is 0 Å². The van der Waals surface area contributed by atoms with Crippen LogP contribution in [0.4, 0.5) is 11.4 Å². The molecule has 0 saturated heterocycles. The van der Waals surface area contributed by atoms with Gasteiger partial charge in [0.2, 0.25) is 0 Å². The van der Waals surface area contributed by atoms with Crippen LogP contribution < -0.4 is 5.32 Å². The summed E-state index contributed by atoms with van der Waals surface area (Å²) in [7, 11) is 0. The molecule has 1 aromatic rings. The lowest BCUT2D eigenvalue weighted by molar-refractivity contribution is -0.384. The van der Waals surface area contributed by atoms with Crippen molar-refractivity contribution in [3.05, 3.63) is 33.9 Å². The van der Waals surface area contributed by atoms with E-state index in [1.807, 2.05) is 6.07 Å². The Morgan fingerprint density at radius 2 is 2.22 bits per heavy atom. The van der Waals surface area contributed by atoms with Crippen LogP contribution in [0.2, 0.25) is 0 Å². The Balaban J connectivity index is 2.73. The first-order valence-electron chi connectivity index (χ1n) is 5.97. The molecular formula is C13H17N3O2. The molecule has 96 valence electrons. The number of hydrogen-bond acceptors (Lipinski definition) is 4.